The molecule has 126 valence electrons. The fourth-order valence-corrected chi connectivity index (χ4v) is 2.50. The van der Waals surface area contributed by atoms with Crippen molar-refractivity contribution in [1.29, 1.82) is 0 Å². The van der Waals surface area contributed by atoms with Crippen LogP contribution in [0.25, 0.3) is 5.65 Å². The summed E-state index contributed by atoms with van der Waals surface area (Å²) in [5.74, 6) is 0.811. The highest BCUT2D eigenvalue weighted by Gasteiger charge is 2.18. The van der Waals surface area contributed by atoms with Crippen LogP contribution in [0.15, 0.2) is 12.1 Å². The van der Waals surface area contributed by atoms with Gasteiger partial charge in [0.15, 0.2) is 11.5 Å². The first-order valence-corrected chi connectivity index (χ1v) is 7.63. The summed E-state index contributed by atoms with van der Waals surface area (Å²) in [7, 11) is 1.81. The van der Waals surface area contributed by atoms with Gasteiger partial charge in [-0.2, -0.15) is 9.61 Å². The Kier molecular flexibility index (Phi) is 4.15. The predicted molar refractivity (Wildman–Crippen MR) is 85.8 cm³/mol. The molecule has 0 saturated carbocycles. The number of hydrogen-bond acceptors (Lipinski definition) is 6. The van der Waals surface area contributed by atoms with Gasteiger partial charge in [-0.1, -0.05) is 0 Å². The van der Waals surface area contributed by atoms with Crippen LogP contribution < -0.4 is 10.1 Å². The number of nitrogens with one attached hydrogen (secondary N) is 1. The van der Waals surface area contributed by atoms with E-state index in [0.29, 0.717) is 35.2 Å². The lowest BCUT2D eigenvalue weighted by Crippen LogP contribution is -2.25. The molecule has 0 bridgehead atoms. The lowest BCUT2D eigenvalue weighted by molar-refractivity contribution is 0.0948. The van der Waals surface area contributed by atoms with E-state index in [-0.39, 0.29) is 12.5 Å². The number of carbonyl (C=O) groups excluding carboxylic acids is 1. The van der Waals surface area contributed by atoms with Gasteiger partial charge in [0, 0.05) is 18.8 Å². The molecule has 9 heteroatoms. The van der Waals surface area contributed by atoms with Crippen molar-refractivity contribution in [2.75, 3.05) is 6.61 Å². The van der Waals surface area contributed by atoms with Gasteiger partial charge in [-0.15, -0.1) is 15.3 Å². The van der Waals surface area contributed by atoms with E-state index < -0.39 is 0 Å². The minimum atomic E-state index is -0.198. The van der Waals surface area contributed by atoms with Crippen molar-refractivity contribution in [3.63, 3.8) is 0 Å². The van der Waals surface area contributed by atoms with E-state index in [1.54, 1.807) is 21.3 Å². The smallest absolute Gasteiger partial charge is 0.255 e. The van der Waals surface area contributed by atoms with Crippen LogP contribution in [0.4, 0.5) is 0 Å². The number of amides is 1. The van der Waals surface area contributed by atoms with Crippen LogP contribution in [0.5, 0.6) is 5.88 Å². The largest absolute Gasteiger partial charge is 0.477 e. The van der Waals surface area contributed by atoms with Crippen LogP contribution in [0, 0.1) is 13.8 Å². The second-order valence-corrected chi connectivity index (χ2v) is 5.34. The standard InChI is InChI=1S/C15H19N7O2/c1-5-24-13-7-6-11-17-18-12(22(11)20-13)8-16-15(23)14-9(2)19-21(4)10(14)3/h6-7H,5,8H2,1-4H3,(H,16,23). The van der Waals surface area contributed by atoms with E-state index >= 15 is 0 Å². The summed E-state index contributed by atoms with van der Waals surface area (Å²) in [5.41, 5.74) is 2.67. The Bertz CT molecular complexity index is 897. The third-order valence-corrected chi connectivity index (χ3v) is 3.74. The second kappa shape index (κ2) is 6.26. The summed E-state index contributed by atoms with van der Waals surface area (Å²) >= 11 is 0. The van der Waals surface area contributed by atoms with Crippen LogP contribution in [0.1, 0.15) is 34.5 Å². The van der Waals surface area contributed by atoms with Crippen molar-refractivity contribution in [2.24, 2.45) is 7.05 Å². The maximum Gasteiger partial charge on any atom is 0.255 e. The lowest BCUT2D eigenvalue weighted by atomic mass is 10.2. The molecule has 1 amide bonds. The van der Waals surface area contributed by atoms with Crippen LogP contribution in [-0.2, 0) is 13.6 Å². The Morgan fingerprint density at radius 1 is 1.25 bits per heavy atom. The number of ether oxygens (including phenoxy) is 1. The quantitative estimate of drug-likeness (QED) is 0.743. The van der Waals surface area contributed by atoms with E-state index in [2.05, 4.69) is 25.7 Å². The second-order valence-electron chi connectivity index (χ2n) is 5.34. The number of nitrogens with zero attached hydrogens (tertiary/aromatic N) is 6. The van der Waals surface area contributed by atoms with E-state index in [4.69, 9.17) is 4.74 Å². The van der Waals surface area contributed by atoms with Crippen LogP contribution >= 0.6 is 0 Å². The lowest BCUT2D eigenvalue weighted by Gasteiger charge is -2.05. The zero-order chi connectivity index (χ0) is 17.3. The molecule has 9 nitrogen and oxygen atoms in total. The average Bonchev–Trinajstić information content (AvgIpc) is 3.06. The van der Waals surface area contributed by atoms with Gasteiger partial charge in [0.1, 0.15) is 0 Å². The van der Waals surface area contributed by atoms with Crippen LogP contribution in [0.3, 0.4) is 0 Å². The number of carbonyl (C=O) groups is 1. The van der Waals surface area contributed by atoms with Gasteiger partial charge in [-0.25, -0.2) is 0 Å². The first-order chi connectivity index (χ1) is 11.5. The molecule has 0 spiro atoms. The number of rotatable bonds is 5. The van der Waals surface area contributed by atoms with Crippen molar-refractivity contribution in [2.45, 2.75) is 27.3 Å². The number of aromatic nitrogens is 6. The molecule has 3 rings (SSSR count). The Hall–Kier alpha value is -2.97. The molecule has 0 radical (unpaired) electrons. The first-order valence-electron chi connectivity index (χ1n) is 7.63. The van der Waals surface area contributed by atoms with Crippen molar-refractivity contribution in [3.8, 4) is 5.88 Å². The number of aryl methyl sites for hydroxylation is 2. The van der Waals surface area contributed by atoms with Crippen molar-refractivity contribution >= 4 is 11.6 Å². The molecule has 3 aromatic rings. The third-order valence-electron chi connectivity index (χ3n) is 3.74. The number of hydrogen-bond donors (Lipinski definition) is 1. The molecule has 0 aliphatic carbocycles. The Labute approximate surface area is 138 Å². The molecule has 0 fully saturated rings. The zero-order valence-corrected chi connectivity index (χ0v) is 14.1. The summed E-state index contributed by atoms with van der Waals surface area (Å²) < 4.78 is 8.63. The fourth-order valence-electron chi connectivity index (χ4n) is 2.50. The topological polar surface area (TPSA) is 99.2 Å². The summed E-state index contributed by atoms with van der Waals surface area (Å²) in [6, 6.07) is 3.50. The molecular weight excluding hydrogens is 310 g/mol. The van der Waals surface area contributed by atoms with Gasteiger partial charge in [0.05, 0.1) is 24.4 Å². The Morgan fingerprint density at radius 2 is 2.04 bits per heavy atom. The molecule has 1 N–H and O–H groups in total. The molecule has 0 atom stereocenters. The molecule has 0 aliphatic heterocycles. The van der Waals surface area contributed by atoms with E-state index in [1.807, 2.05) is 27.8 Å². The van der Waals surface area contributed by atoms with E-state index in [1.165, 1.54) is 0 Å². The highest BCUT2D eigenvalue weighted by atomic mass is 16.5. The summed E-state index contributed by atoms with van der Waals surface area (Å²) in [5, 5.41) is 19.5. The predicted octanol–water partition coefficient (Wildman–Crippen LogP) is 0.803. The fraction of sp³-hybridized carbons (Fsp3) is 0.400. The van der Waals surface area contributed by atoms with Crippen LogP contribution in [0.2, 0.25) is 0 Å². The van der Waals surface area contributed by atoms with Crippen molar-refractivity contribution < 1.29 is 9.53 Å². The zero-order valence-electron chi connectivity index (χ0n) is 14.1. The van der Waals surface area contributed by atoms with Gasteiger partial charge in [-0.3, -0.25) is 9.48 Å². The first kappa shape index (κ1) is 15.9. The molecule has 0 saturated heterocycles. The van der Waals surface area contributed by atoms with Gasteiger partial charge >= 0.3 is 0 Å². The highest BCUT2D eigenvalue weighted by molar-refractivity contribution is 5.96. The minimum absolute atomic E-state index is 0.198. The van der Waals surface area contributed by atoms with Gasteiger partial charge in [0.2, 0.25) is 5.88 Å². The molecule has 24 heavy (non-hydrogen) atoms. The average molecular weight is 329 g/mol. The molecular formula is C15H19N7O2. The van der Waals surface area contributed by atoms with E-state index in [9.17, 15) is 4.79 Å². The maximum atomic E-state index is 12.4. The van der Waals surface area contributed by atoms with Crippen molar-refractivity contribution in [1.82, 2.24) is 34.9 Å². The normalized spacial score (nSPS) is 11.0. The number of fused-ring (bicyclic) bond motifs is 1. The SMILES string of the molecule is CCOc1ccc2nnc(CNC(=O)c3c(C)nn(C)c3C)n2n1. The monoisotopic (exact) mass is 329 g/mol. The molecule has 0 unspecified atom stereocenters. The van der Waals surface area contributed by atoms with Gasteiger partial charge < -0.3 is 10.1 Å². The minimum Gasteiger partial charge on any atom is -0.477 e. The summed E-state index contributed by atoms with van der Waals surface area (Å²) in [4.78, 5) is 12.4. The molecule has 3 heterocycles. The Morgan fingerprint density at radius 3 is 2.71 bits per heavy atom. The molecule has 3 aromatic heterocycles. The molecule has 0 aromatic carbocycles. The summed E-state index contributed by atoms with van der Waals surface area (Å²) in [6.45, 7) is 6.28. The van der Waals surface area contributed by atoms with Gasteiger partial charge in [-0.05, 0) is 26.8 Å². The van der Waals surface area contributed by atoms with Gasteiger partial charge in [0.25, 0.3) is 5.91 Å². The van der Waals surface area contributed by atoms with Crippen LogP contribution in [-0.4, -0.2) is 42.1 Å². The third kappa shape index (κ3) is 2.80. The van der Waals surface area contributed by atoms with E-state index in [0.717, 1.165) is 5.69 Å². The maximum absolute atomic E-state index is 12.4. The highest BCUT2D eigenvalue weighted by Crippen LogP contribution is 2.12. The Balaban J connectivity index is 1.80. The molecule has 0 aliphatic rings. The summed E-state index contributed by atoms with van der Waals surface area (Å²) in [6.07, 6.45) is 0. The van der Waals surface area contributed by atoms with Crippen molar-refractivity contribution in [3.05, 3.63) is 34.9 Å².